The highest BCUT2D eigenvalue weighted by Gasteiger charge is 2.13. The Balaban J connectivity index is 4.08. The topological polar surface area (TPSA) is 79.9 Å². The normalized spacial score (nSPS) is 10.8. The van der Waals surface area contributed by atoms with Crippen LogP contribution in [0.3, 0.4) is 0 Å². The summed E-state index contributed by atoms with van der Waals surface area (Å²) in [5.74, 6) is -0.180. The Kier molecular flexibility index (Phi) is 10.1. The highest BCUT2D eigenvalue weighted by molar-refractivity contribution is 5.77. The Hall–Kier alpha value is -1.18. The first kappa shape index (κ1) is 17.8. The van der Waals surface area contributed by atoms with Gasteiger partial charge in [0.2, 0.25) is 11.8 Å². The smallest absolute Gasteiger partial charge is 0.245 e. The van der Waals surface area contributed by atoms with Crippen LogP contribution >= 0.6 is 0 Å². The zero-order valence-corrected chi connectivity index (χ0v) is 12.2. The molecule has 0 radical (unpaired) electrons. The molecule has 0 atom stereocenters. The standard InChI is InChI=1S/C12H25N3O4/c1-15(2)7-10(5-13-11(16)8-18-3)6-14-12(17)9-19-4/h10H,5-9H2,1-4H3,(H,13,16)(H,14,17). The molecule has 0 rings (SSSR count). The molecule has 7 nitrogen and oxygen atoms in total. The molecule has 0 aliphatic heterocycles. The maximum absolute atomic E-state index is 11.3. The number of amides is 2. The fourth-order valence-electron chi connectivity index (χ4n) is 1.60. The largest absolute Gasteiger partial charge is 0.375 e. The zero-order chi connectivity index (χ0) is 14.7. The van der Waals surface area contributed by atoms with Crippen molar-refractivity contribution in [3.63, 3.8) is 0 Å². The van der Waals surface area contributed by atoms with Gasteiger partial charge in [-0.2, -0.15) is 0 Å². The summed E-state index contributed by atoms with van der Waals surface area (Å²) in [5, 5.41) is 5.54. The zero-order valence-electron chi connectivity index (χ0n) is 12.2. The van der Waals surface area contributed by atoms with Crippen LogP contribution in [0.4, 0.5) is 0 Å². The van der Waals surface area contributed by atoms with Gasteiger partial charge in [-0.3, -0.25) is 9.59 Å². The van der Waals surface area contributed by atoms with Gasteiger partial charge >= 0.3 is 0 Å². The third-order valence-corrected chi connectivity index (χ3v) is 2.35. The van der Waals surface area contributed by atoms with E-state index in [0.29, 0.717) is 13.1 Å². The van der Waals surface area contributed by atoms with Gasteiger partial charge in [0, 0.05) is 39.8 Å². The lowest BCUT2D eigenvalue weighted by atomic mass is 10.1. The van der Waals surface area contributed by atoms with Crippen molar-refractivity contribution < 1.29 is 19.1 Å². The Morgan fingerprint density at radius 3 is 1.74 bits per heavy atom. The van der Waals surface area contributed by atoms with Crippen molar-refractivity contribution in [3.8, 4) is 0 Å². The monoisotopic (exact) mass is 275 g/mol. The van der Waals surface area contributed by atoms with Crippen LogP contribution < -0.4 is 10.6 Å². The number of hydrogen-bond acceptors (Lipinski definition) is 5. The lowest BCUT2D eigenvalue weighted by molar-refractivity contribution is -0.124. The predicted molar refractivity (Wildman–Crippen MR) is 71.8 cm³/mol. The lowest BCUT2D eigenvalue weighted by Gasteiger charge is -2.21. The summed E-state index contributed by atoms with van der Waals surface area (Å²) in [6, 6.07) is 0. The second kappa shape index (κ2) is 10.7. The second-order valence-corrected chi connectivity index (χ2v) is 4.60. The Bertz CT molecular complexity index is 250. The summed E-state index contributed by atoms with van der Waals surface area (Å²) >= 11 is 0. The van der Waals surface area contributed by atoms with Gasteiger partial charge in [-0.25, -0.2) is 0 Å². The van der Waals surface area contributed by atoms with Gasteiger partial charge in [0.05, 0.1) is 0 Å². The first-order valence-corrected chi connectivity index (χ1v) is 6.15. The van der Waals surface area contributed by atoms with Crippen LogP contribution in [-0.2, 0) is 19.1 Å². The molecule has 2 N–H and O–H groups in total. The summed E-state index contributed by atoms with van der Waals surface area (Å²) in [7, 11) is 6.84. The molecule has 0 bridgehead atoms. The molecule has 7 heteroatoms. The summed E-state index contributed by atoms with van der Waals surface area (Å²) < 4.78 is 9.48. The Labute approximate surface area is 114 Å². The van der Waals surface area contributed by atoms with E-state index in [0.717, 1.165) is 6.54 Å². The molecule has 0 aliphatic carbocycles. The SMILES string of the molecule is COCC(=O)NCC(CNC(=O)COC)CN(C)C. The molecule has 19 heavy (non-hydrogen) atoms. The van der Waals surface area contributed by atoms with Crippen molar-refractivity contribution >= 4 is 11.8 Å². The minimum absolute atomic E-state index is 0.0463. The van der Waals surface area contributed by atoms with E-state index < -0.39 is 0 Å². The van der Waals surface area contributed by atoms with Crippen molar-refractivity contribution in [3.05, 3.63) is 0 Å². The molecule has 0 aromatic carbocycles. The highest BCUT2D eigenvalue weighted by atomic mass is 16.5. The fraction of sp³-hybridized carbons (Fsp3) is 0.833. The molecule has 0 aromatic rings. The van der Waals surface area contributed by atoms with Crippen LogP contribution in [-0.4, -0.2) is 77.9 Å². The van der Waals surface area contributed by atoms with Crippen molar-refractivity contribution in [1.82, 2.24) is 15.5 Å². The average molecular weight is 275 g/mol. The van der Waals surface area contributed by atoms with E-state index in [4.69, 9.17) is 9.47 Å². The second-order valence-electron chi connectivity index (χ2n) is 4.60. The quantitative estimate of drug-likeness (QED) is 0.517. The van der Waals surface area contributed by atoms with Gasteiger partial charge < -0.3 is 25.0 Å². The maximum atomic E-state index is 11.3. The van der Waals surface area contributed by atoms with Crippen LogP contribution in [0.15, 0.2) is 0 Å². The van der Waals surface area contributed by atoms with Crippen LogP contribution in [0, 0.1) is 5.92 Å². The third kappa shape index (κ3) is 10.4. The molecule has 0 saturated heterocycles. The number of carbonyl (C=O) groups is 2. The van der Waals surface area contributed by atoms with Gasteiger partial charge in [-0.1, -0.05) is 0 Å². The fourth-order valence-corrected chi connectivity index (χ4v) is 1.60. The molecule has 0 aliphatic rings. The summed E-state index contributed by atoms with van der Waals surface area (Å²) in [6.07, 6.45) is 0. The number of ether oxygens (including phenoxy) is 2. The minimum Gasteiger partial charge on any atom is -0.375 e. The number of nitrogens with one attached hydrogen (secondary N) is 2. The van der Waals surface area contributed by atoms with Crippen molar-refractivity contribution in [2.24, 2.45) is 5.92 Å². The summed E-state index contributed by atoms with van der Waals surface area (Å²) in [5.41, 5.74) is 0. The van der Waals surface area contributed by atoms with Crippen molar-refractivity contribution in [2.45, 2.75) is 0 Å². The molecule has 112 valence electrons. The highest BCUT2D eigenvalue weighted by Crippen LogP contribution is 1.95. The average Bonchev–Trinajstić information content (AvgIpc) is 2.33. The molecule has 2 amide bonds. The van der Waals surface area contributed by atoms with E-state index in [9.17, 15) is 9.59 Å². The van der Waals surface area contributed by atoms with Gasteiger partial charge in [0.15, 0.2) is 0 Å². The predicted octanol–water partition coefficient (Wildman–Crippen LogP) is -1.31. The molecule has 0 spiro atoms. The summed E-state index contributed by atoms with van der Waals surface area (Å²) in [4.78, 5) is 24.6. The van der Waals surface area contributed by atoms with E-state index >= 15 is 0 Å². The van der Waals surface area contributed by atoms with Crippen LogP contribution in [0.5, 0.6) is 0 Å². The lowest BCUT2D eigenvalue weighted by Crippen LogP contribution is -2.42. The van der Waals surface area contributed by atoms with E-state index in [1.807, 2.05) is 19.0 Å². The molecule has 0 unspecified atom stereocenters. The van der Waals surface area contributed by atoms with Crippen LogP contribution in [0.25, 0.3) is 0 Å². The Morgan fingerprint density at radius 2 is 1.42 bits per heavy atom. The number of rotatable bonds is 10. The van der Waals surface area contributed by atoms with Crippen LogP contribution in [0.1, 0.15) is 0 Å². The van der Waals surface area contributed by atoms with E-state index in [1.165, 1.54) is 14.2 Å². The van der Waals surface area contributed by atoms with Gasteiger partial charge in [-0.05, 0) is 14.1 Å². The van der Waals surface area contributed by atoms with Gasteiger partial charge in [-0.15, -0.1) is 0 Å². The van der Waals surface area contributed by atoms with Gasteiger partial charge in [0.25, 0.3) is 0 Å². The van der Waals surface area contributed by atoms with E-state index in [-0.39, 0.29) is 30.9 Å². The molecule has 0 saturated carbocycles. The number of carbonyl (C=O) groups excluding carboxylic acids is 2. The van der Waals surface area contributed by atoms with E-state index in [2.05, 4.69) is 10.6 Å². The maximum Gasteiger partial charge on any atom is 0.245 e. The molecular formula is C12H25N3O4. The third-order valence-electron chi connectivity index (χ3n) is 2.35. The number of methoxy groups -OCH3 is 2. The molecule has 0 heterocycles. The first-order valence-electron chi connectivity index (χ1n) is 6.15. The molecule has 0 fully saturated rings. The first-order chi connectivity index (χ1) is 8.99. The van der Waals surface area contributed by atoms with Crippen molar-refractivity contribution in [1.29, 1.82) is 0 Å². The van der Waals surface area contributed by atoms with Crippen LogP contribution in [0.2, 0.25) is 0 Å². The Morgan fingerprint density at radius 1 is 1.00 bits per heavy atom. The number of nitrogens with zero attached hydrogens (tertiary/aromatic N) is 1. The molecule has 0 aromatic heterocycles. The van der Waals surface area contributed by atoms with Crippen molar-refractivity contribution in [2.75, 3.05) is 61.2 Å². The van der Waals surface area contributed by atoms with Gasteiger partial charge in [0.1, 0.15) is 13.2 Å². The van der Waals surface area contributed by atoms with E-state index in [1.54, 1.807) is 0 Å². The molecular weight excluding hydrogens is 250 g/mol. The summed E-state index contributed by atoms with van der Waals surface area (Å²) in [6.45, 7) is 1.84. The number of hydrogen-bond donors (Lipinski definition) is 2. The minimum atomic E-state index is -0.158.